The lowest BCUT2D eigenvalue weighted by Gasteiger charge is -2.35. The molecule has 0 bridgehead atoms. The predicted molar refractivity (Wildman–Crippen MR) is 80.8 cm³/mol. The number of rotatable bonds is 5. The molecule has 0 spiro atoms. The summed E-state index contributed by atoms with van der Waals surface area (Å²) in [4.78, 5) is 13.9. The highest BCUT2D eigenvalue weighted by atomic mass is 16.5. The molecule has 1 aliphatic heterocycles. The van der Waals surface area contributed by atoms with E-state index in [-0.39, 0.29) is 25.0 Å². The average molecular weight is 304 g/mol. The number of nitrogens with zero attached hydrogens (tertiary/aromatic N) is 2. The number of ether oxygens (including phenoxy) is 2. The van der Waals surface area contributed by atoms with E-state index in [2.05, 4.69) is 0 Å². The van der Waals surface area contributed by atoms with Crippen LogP contribution in [0.15, 0.2) is 12.1 Å². The maximum atomic E-state index is 12.5. The second kappa shape index (κ2) is 6.67. The van der Waals surface area contributed by atoms with Gasteiger partial charge >= 0.3 is 0 Å². The lowest BCUT2D eigenvalue weighted by atomic mass is 10.0. The summed E-state index contributed by atoms with van der Waals surface area (Å²) >= 11 is 0. The van der Waals surface area contributed by atoms with Crippen molar-refractivity contribution in [3.63, 3.8) is 0 Å². The Labute approximate surface area is 129 Å². The van der Waals surface area contributed by atoms with Crippen molar-refractivity contribution in [3.8, 4) is 17.6 Å². The number of amides is 1. The van der Waals surface area contributed by atoms with Crippen molar-refractivity contribution < 1.29 is 19.4 Å². The Morgan fingerprint density at radius 1 is 1.50 bits per heavy atom. The van der Waals surface area contributed by atoms with Crippen LogP contribution in [0.25, 0.3) is 0 Å². The fraction of sp³-hybridized carbons (Fsp3) is 0.500. The molecular weight excluding hydrogens is 284 g/mol. The first-order chi connectivity index (χ1) is 10.5. The van der Waals surface area contributed by atoms with Crippen molar-refractivity contribution in [2.45, 2.75) is 33.5 Å². The van der Waals surface area contributed by atoms with Crippen LogP contribution >= 0.6 is 0 Å². The summed E-state index contributed by atoms with van der Waals surface area (Å²) in [5.41, 5.74) is 1.07. The zero-order valence-corrected chi connectivity index (χ0v) is 13.0. The Balaban J connectivity index is 2.59. The van der Waals surface area contributed by atoms with Crippen LogP contribution in [0, 0.1) is 17.2 Å². The molecule has 118 valence electrons. The third-order valence-corrected chi connectivity index (χ3v) is 3.46. The highest BCUT2D eigenvalue weighted by Gasteiger charge is 2.38. The minimum atomic E-state index is -0.653. The number of nitriles is 1. The average Bonchev–Trinajstić information content (AvgIpc) is 2.49. The van der Waals surface area contributed by atoms with Crippen LogP contribution in [0.3, 0.4) is 0 Å². The molecule has 1 aromatic rings. The number of aliphatic hydroxyl groups excluding tert-OH is 1. The van der Waals surface area contributed by atoms with Crippen molar-refractivity contribution in [1.82, 2.24) is 0 Å². The number of hydrogen-bond donors (Lipinski definition) is 1. The van der Waals surface area contributed by atoms with Gasteiger partial charge in [0.05, 0.1) is 25.0 Å². The van der Waals surface area contributed by atoms with Gasteiger partial charge in [0.2, 0.25) is 0 Å². The normalized spacial score (nSPS) is 17.0. The molecule has 0 saturated carbocycles. The molecule has 6 nitrogen and oxygen atoms in total. The Bertz CT molecular complexity index is 607. The molecule has 0 aromatic heterocycles. The lowest BCUT2D eigenvalue weighted by Crippen LogP contribution is -2.48. The lowest BCUT2D eigenvalue weighted by molar-refractivity contribution is -0.128. The van der Waals surface area contributed by atoms with Crippen molar-refractivity contribution >= 4 is 11.6 Å². The molecule has 1 N–H and O–H groups in total. The van der Waals surface area contributed by atoms with E-state index in [1.165, 1.54) is 4.90 Å². The first-order valence-electron chi connectivity index (χ1n) is 7.29. The van der Waals surface area contributed by atoms with Crippen molar-refractivity contribution in [1.29, 1.82) is 5.26 Å². The Hall–Kier alpha value is -2.26. The van der Waals surface area contributed by atoms with E-state index < -0.39 is 6.10 Å². The van der Waals surface area contributed by atoms with Gasteiger partial charge in [-0.2, -0.15) is 5.26 Å². The summed E-state index contributed by atoms with van der Waals surface area (Å²) in [7, 11) is 0. The van der Waals surface area contributed by atoms with Crippen LogP contribution in [0.2, 0.25) is 0 Å². The van der Waals surface area contributed by atoms with Crippen molar-refractivity contribution in [3.05, 3.63) is 17.7 Å². The summed E-state index contributed by atoms with van der Waals surface area (Å²) in [6.07, 6.45) is -0.653. The minimum absolute atomic E-state index is 0.0335. The number of carbonyl (C=O) groups excluding carboxylic acids is 1. The summed E-state index contributed by atoms with van der Waals surface area (Å²) in [6.45, 7) is 5.80. The fourth-order valence-corrected chi connectivity index (χ4v) is 2.42. The molecule has 1 unspecified atom stereocenters. The summed E-state index contributed by atoms with van der Waals surface area (Å²) < 4.78 is 11.4. The monoisotopic (exact) mass is 304 g/mol. The van der Waals surface area contributed by atoms with E-state index in [0.29, 0.717) is 29.4 Å². The third-order valence-electron chi connectivity index (χ3n) is 3.46. The van der Waals surface area contributed by atoms with Crippen LogP contribution in [0.5, 0.6) is 11.5 Å². The molecule has 6 heteroatoms. The van der Waals surface area contributed by atoms with Crippen LogP contribution in [-0.4, -0.2) is 30.3 Å². The quantitative estimate of drug-likeness (QED) is 0.839. The molecule has 0 aliphatic carbocycles. The molecular formula is C16H20N2O4. The maximum Gasteiger partial charge on any atom is 0.269 e. The molecule has 1 aromatic carbocycles. The molecule has 0 saturated heterocycles. The molecule has 2 rings (SSSR count). The largest absolute Gasteiger partial charge is 0.490 e. The maximum absolute atomic E-state index is 12.5. The van der Waals surface area contributed by atoms with E-state index >= 15 is 0 Å². The number of carbonyl (C=O) groups is 1. The number of anilines is 1. The summed E-state index contributed by atoms with van der Waals surface area (Å²) in [5.74, 6) is 0.646. The van der Waals surface area contributed by atoms with E-state index in [0.717, 1.165) is 0 Å². The zero-order valence-electron chi connectivity index (χ0n) is 13.0. The van der Waals surface area contributed by atoms with Gasteiger partial charge in [0, 0.05) is 0 Å². The van der Waals surface area contributed by atoms with E-state index in [1.807, 2.05) is 26.8 Å². The number of fused-ring (bicyclic) bond motifs is 1. The molecule has 1 aliphatic rings. The van der Waals surface area contributed by atoms with Crippen LogP contribution < -0.4 is 14.4 Å². The highest BCUT2D eigenvalue weighted by molar-refractivity contribution is 6.01. The minimum Gasteiger partial charge on any atom is -0.490 e. The first-order valence-corrected chi connectivity index (χ1v) is 7.29. The molecule has 0 fully saturated rings. The fourth-order valence-electron chi connectivity index (χ4n) is 2.42. The van der Waals surface area contributed by atoms with Gasteiger partial charge in [-0.3, -0.25) is 9.69 Å². The zero-order chi connectivity index (χ0) is 16.3. The Morgan fingerprint density at radius 2 is 2.23 bits per heavy atom. The van der Waals surface area contributed by atoms with Gasteiger partial charge in [-0.1, -0.05) is 13.8 Å². The van der Waals surface area contributed by atoms with Crippen molar-refractivity contribution in [2.75, 3.05) is 18.1 Å². The van der Waals surface area contributed by atoms with Gasteiger partial charge in [0.1, 0.15) is 6.54 Å². The van der Waals surface area contributed by atoms with E-state index in [9.17, 15) is 9.90 Å². The number of hydrogen-bond acceptors (Lipinski definition) is 5. The van der Waals surface area contributed by atoms with Gasteiger partial charge < -0.3 is 14.6 Å². The molecule has 0 radical (unpaired) electrons. The topological polar surface area (TPSA) is 82.8 Å². The van der Waals surface area contributed by atoms with Crippen molar-refractivity contribution in [2.24, 2.45) is 5.92 Å². The van der Waals surface area contributed by atoms with E-state index in [1.54, 1.807) is 12.1 Å². The first kappa shape index (κ1) is 16.1. The number of benzene rings is 1. The van der Waals surface area contributed by atoms with E-state index in [4.69, 9.17) is 14.7 Å². The van der Waals surface area contributed by atoms with Gasteiger partial charge in [0.25, 0.3) is 5.91 Å². The van der Waals surface area contributed by atoms with Gasteiger partial charge in [0.15, 0.2) is 17.6 Å². The second-order valence-electron chi connectivity index (χ2n) is 5.40. The predicted octanol–water partition coefficient (Wildman–Crippen LogP) is 1.85. The van der Waals surface area contributed by atoms with Gasteiger partial charge in [-0.25, -0.2) is 0 Å². The number of aliphatic hydroxyl groups is 1. The van der Waals surface area contributed by atoms with Crippen LogP contribution in [0.4, 0.5) is 5.69 Å². The standard InChI is InChI=1S/C16H20N2O4/c1-4-21-13-8-11(9-19)7-12-15(13)22-14(10(2)3)16(20)18(12)6-5-17/h7-8,10,14,19H,4,6,9H2,1-3H3. The third kappa shape index (κ3) is 2.85. The molecule has 22 heavy (non-hydrogen) atoms. The Kier molecular flexibility index (Phi) is 4.88. The Morgan fingerprint density at radius 3 is 2.77 bits per heavy atom. The second-order valence-corrected chi connectivity index (χ2v) is 5.40. The summed E-state index contributed by atoms with van der Waals surface area (Å²) in [6, 6.07) is 5.35. The smallest absolute Gasteiger partial charge is 0.269 e. The molecule has 1 heterocycles. The molecule has 1 atom stereocenters. The highest BCUT2D eigenvalue weighted by Crippen LogP contribution is 2.43. The van der Waals surface area contributed by atoms with Gasteiger partial charge in [-0.05, 0) is 30.5 Å². The molecule has 1 amide bonds. The van der Waals surface area contributed by atoms with Gasteiger partial charge in [-0.15, -0.1) is 0 Å². The van der Waals surface area contributed by atoms with Crippen LogP contribution in [-0.2, 0) is 11.4 Å². The van der Waals surface area contributed by atoms with Crippen LogP contribution in [0.1, 0.15) is 26.3 Å². The summed E-state index contributed by atoms with van der Waals surface area (Å²) in [5, 5.41) is 18.4. The SMILES string of the molecule is CCOc1cc(CO)cc2c1OC(C(C)C)C(=O)N2CC#N.